The summed E-state index contributed by atoms with van der Waals surface area (Å²) in [6, 6.07) is 0. The molecule has 0 amide bonds. The van der Waals surface area contributed by atoms with Gasteiger partial charge in [0, 0.05) is 19.5 Å². The van der Waals surface area contributed by atoms with Crippen molar-refractivity contribution in [2.45, 2.75) is 39.2 Å². The minimum Gasteiger partial charge on any atom is -0.466 e. The van der Waals surface area contributed by atoms with Crippen molar-refractivity contribution in [1.29, 1.82) is 0 Å². The Kier molecular flexibility index (Phi) is 11.4. The average molecular weight is 342 g/mol. The van der Waals surface area contributed by atoms with Crippen LogP contribution in [0.2, 0.25) is 0 Å². The second-order valence-corrected chi connectivity index (χ2v) is 3.72. The summed E-state index contributed by atoms with van der Waals surface area (Å²) in [5, 5.41) is 10.1. The van der Waals surface area contributed by atoms with Gasteiger partial charge in [0.2, 0.25) is 0 Å². The fourth-order valence-corrected chi connectivity index (χ4v) is 1.37. The van der Waals surface area contributed by atoms with Crippen molar-refractivity contribution in [2.24, 2.45) is 0 Å². The smallest absolute Gasteiger partial charge is 0.339 e. The van der Waals surface area contributed by atoms with Gasteiger partial charge in [0.1, 0.15) is 0 Å². The van der Waals surface area contributed by atoms with Crippen LogP contribution in [0.25, 0.3) is 0 Å². The second kappa shape index (κ2) is 10.7. The zero-order chi connectivity index (χ0) is 14.9. The van der Waals surface area contributed by atoms with E-state index >= 15 is 0 Å². The van der Waals surface area contributed by atoms with E-state index in [2.05, 4.69) is 14.2 Å². The molecule has 7 nitrogen and oxygen atoms in total. The van der Waals surface area contributed by atoms with Crippen LogP contribution in [0.5, 0.6) is 0 Å². The third kappa shape index (κ3) is 7.55. The topological polar surface area (TPSA) is 99.1 Å². The number of carbonyl (C=O) groups is 3. The van der Waals surface area contributed by atoms with Crippen molar-refractivity contribution in [3.63, 3.8) is 0 Å². The van der Waals surface area contributed by atoms with E-state index in [0.29, 0.717) is 0 Å². The van der Waals surface area contributed by atoms with E-state index in [-0.39, 0.29) is 39.3 Å². The van der Waals surface area contributed by atoms with Gasteiger partial charge in [0.25, 0.3) is 0 Å². The fraction of sp³-hybridized carbons (Fsp3) is 0.750. The Bertz CT molecular complexity index is 310. The van der Waals surface area contributed by atoms with Crippen LogP contribution in [0.1, 0.15) is 33.6 Å². The maximum absolute atomic E-state index is 11.7. The maximum Gasteiger partial charge on any atom is 0.339 e. The molecular formula is C12H20O7Zn. The van der Waals surface area contributed by atoms with Crippen LogP contribution in [-0.4, -0.2) is 48.4 Å². The molecule has 0 fully saturated rings. The van der Waals surface area contributed by atoms with Crippen molar-refractivity contribution in [2.75, 3.05) is 19.8 Å². The summed E-state index contributed by atoms with van der Waals surface area (Å²) in [5.41, 5.74) is -2.26. The summed E-state index contributed by atoms with van der Waals surface area (Å²) < 4.78 is 14.0. The monoisotopic (exact) mass is 340 g/mol. The molecule has 0 heterocycles. The van der Waals surface area contributed by atoms with Crippen LogP contribution < -0.4 is 0 Å². The molecule has 0 aliphatic rings. The number of aliphatic hydroxyl groups is 1. The largest absolute Gasteiger partial charge is 0.466 e. The molecule has 0 atom stereocenters. The third-order valence-corrected chi connectivity index (χ3v) is 2.14. The molecular weight excluding hydrogens is 322 g/mol. The summed E-state index contributed by atoms with van der Waals surface area (Å²) in [7, 11) is 0. The van der Waals surface area contributed by atoms with Crippen LogP contribution in [0.4, 0.5) is 0 Å². The van der Waals surface area contributed by atoms with Gasteiger partial charge in [0.05, 0.1) is 32.7 Å². The molecule has 0 aliphatic carbocycles. The first-order valence-electron chi connectivity index (χ1n) is 6.10. The first kappa shape index (κ1) is 21.3. The second-order valence-electron chi connectivity index (χ2n) is 3.72. The Morgan fingerprint density at radius 1 is 0.850 bits per heavy atom. The molecule has 0 aromatic rings. The van der Waals surface area contributed by atoms with Crippen molar-refractivity contribution >= 4 is 17.9 Å². The summed E-state index contributed by atoms with van der Waals surface area (Å²) in [6.45, 7) is 4.97. The van der Waals surface area contributed by atoms with E-state index in [1.807, 2.05) is 0 Å². The Labute approximate surface area is 130 Å². The molecule has 0 aromatic heterocycles. The first-order chi connectivity index (χ1) is 8.89. The normalized spacial score (nSPS) is 10.2. The molecule has 8 heteroatoms. The van der Waals surface area contributed by atoms with Gasteiger partial charge in [-0.3, -0.25) is 9.59 Å². The SMILES string of the molecule is CCOC(=O)CC(O)(CC(=O)OCC)C(=O)OCC.[Zn]. The number of esters is 3. The van der Waals surface area contributed by atoms with E-state index in [9.17, 15) is 19.5 Å². The van der Waals surface area contributed by atoms with E-state index in [0.717, 1.165) is 0 Å². The zero-order valence-corrected chi connectivity index (χ0v) is 15.1. The molecule has 0 unspecified atom stereocenters. The Morgan fingerprint density at radius 2 is 1.20 bits per heavy atom. The number of carbonyl (C=O) groups excluding carboxylic acids is 3. The Balaban J connectivity index is 0. The minimum absolute atomic E-state index is 0. The molecule has 20 heavy (non-hydrogen) atoms. The molecule has 112 valence electrons. The van der Waals surface area contributed by atoms with E-state index < -0.39 is 36.4 Å². The van der Waals surface area contributed by atoms with Gasteiger partial charge in [0.15, 0.2) is 5.60 Å². The fourth-order valence-electron chi connectivity index (χ4n) is 1.37. The summed E-state index contributed by atoms with van der Waals surface area (Å²) in [6.07, 6.45) is -1.31. The van der Waals surface area contributed by atoms with Gasteiger partial charge >= 0.3 is 17.9 Å². The molecule has 0 bridgehead atoms. The summed E-state index contributed by atoms with van der Waals surface area (Å²) >= 11 is 0. The molecule has 0 spiro atoms. The minimum atomic E-state index is -2.26. The van der Waals surface area contributed by atoms with Crippen molar-refractivity contribution < 1.29 is 53.2 Å². The number of ether oxygens (including phenoxy) is 3. The number of hydrogen-bond donors (Lipinski definition) is 1. The maximum atomic E-state index is 11.7. The zero-order valence-electron chi connectivity index (χ0n) is 12.1. The van der Waals surface area contributed by atoms with Gasteiger partial charge in [-0.1, -0.05) is 0 Å². The molecule has 0 radical (unpaired) electrons. The third-order valence-electron chi connectivity index (χ3n) is 2.14. The molecule has 0 aromatic carbocycles. The average Bonchev–Trinajstić information content (AvgIpc) is 2.29. The van der Waals surface area contributed by atoms with Crippen LogP contribution in [0.15, 0.2) is 0 Å². The van der Waals surface area contributed by atoms with Gasteiger partial charge < -0.3 is 19.3 Å². The summed E-state index contributed by atoms with van der Waals surface area (Å²) in [4.78, 5) is 34.4. The van der Waals surface area contributed by atoms with E-state index in [1.165, 1.54) is 0 Å². The molecule has 1 N–H and O–H groups in total. The Hall–Kier alpha value is -1.01. The number of hydrogen-bond acceptors (Lipinski definition) is 7. The first-order valence-corrected chi connectivity index (χ1v) is 6.10. The molecule has 0 saturated heterocycles. The van der Waals surface area contributed by atoms with Crippen molar-refractivity contribution in [3.05, 3.63) is 0 Å². The van der Waals surface area contributed by atoms with Crippen LogP contribution in [0.3, 0.4) is 0 Å². The molecule has 0 aliphatic heterocycles. The predicted molar refractivity (Wildman–Crippen MR) is 64.1 cm³/mol. The predicted octanol–water partition coefficient (Wildman–Crippen LogP) is 0.185. The van der Waals surface area contributed by atoms with Crippen molar-refractivity contribution in [3.8, 4) is 0 Å². The van der Waals surface area contributed by atoms with Gasteiger partial charge in [-0.05, 0) is 20.8 Å². The molecule has 0 rings (SSSR count). The van der Waals surface area contributed by atoms with Gasteiger partial charge in [-0.25, -0.2) is 4.79 Å². The quantitative estimate of drug-likeness (QED) is 0.382. The number of rotatable bonds is 8. The van der Waals surface area contributed by atoms with Crippen LogP contribution in [-0.2, 0) is 48.1 Å². The standard InChI is InChI=1S/C12H20O7.Zn/c1-4-17-9(13)7-12(16,11(15)19-6-3)8-10(14)18-5-2;/h16H,4-8H2,1-3H3;. The van der Waals surface area contributed by atoms with Crippen LogP contribution >= 0.6 is 0 Å². The van der Waals surface area contributed by atoms with Crippen LogP contribution in [0, 0.1) is 0 Å². The van der Waals surface area contributed by atoms with E-state index in [1.54, 1.807) is 20.8 Å². The molecule has 0 saturated carbocycles. The van der Waals surface area contributed by atoms with Gasteiger partial charge in [-0.15, -0.1) is 0 Å². The van der Waals surface area contributed by atoms with Gasteiger partial charge in [-0.2, -0.15) is 0 Å². The Morgan fingerprint density at radius 3 is 1.50 bits per heavy atom. The van der Waals surface area contributed by atoms with E-state index in [4.69, 9.17) is 0 Å². The summed E-state index contributed by atoms with van der Waals surface area (Å²) in [5.74, 6) is -2.62. The van der Waals surface area contributed by atoms with Crippen molar-refractivity contribution in [1.82, 2.24) is 0 Å².